The van der Waals surface area contributed by atoms with E-state index in [0.717, 1.165) is 0 Å². The van der Waals surface area contributed by atoms with Crippen LogP contribution in [-0.4, -0.2) is 173 Å². The molecule has 1 saturated heterocycles. The number of rotatable bonds is 33. The highest BCUT2D eigenvalue weighted by molar-refractivity contribution is 6.00. The van der Waals surface area contributed by atoms with E-state index in [1.165, 1.54) is 30.4 Å². The summed E-state index contributed by atoms with van der Waals surface area (Å²) in [6, 6.07) is -8.72. The van der Waals surface area contributed by atoms with Crippen LogP contribution in [0.1, 0.15) is 76.8 Å². The number of aromatic nitrogens is 2. The number of carbonyl (C=O) groups is 9. The third kappa shape index (κ3) is 21.4. The number of hydrogen-bond acceptors (Lipinski definition) is 17. The van der Waals surface area contributed by atoms with Gasteiger partial charge in [0, 0.05) is 37.9 Å². The molecule has 0 unspecified atom stereocenters. The van der Waals surface area contributed by atoms with Crippen LogP contribution in [0, 0.1) is 0 Å². The number of nitrogens with two attached hydrogens (primary N) is 8. The molecular weight excluding hydrogens is 931 g/mol. The van der Waals surface area contributed by atoms with Crippen molar-refractivity contribution in [2.45, 2.75) is 126 Å². The molecule has 1 fully saturated rings. The number of aliphatic imine (C=N–C) groups is 1. The molecule has 0 aromatic carbocycles. The number of nitrogens with zero attached hydrogens (tertiary/aromatic N) is 3. The zero-order valence-electron chi connectivity index (χ0n) is 40.2. The van der Waals surface area contributed by atoms with Crippen molar-refractivity contribution in [3.63, 3.8) is 0 Å². The minimum absolute atomic E-state index is 0.0557. The highest BCUT2D eigenvalue weighted by Gasteiger charge is 2.39. The van der Waals surface area contributed by atoms with E-state index >= 15 is 0 Å². The van der Waals surface area contributed by atoms with Gasteiger partial charge in [0.2, 0.25) is 47.3 Å². The quantitative estimate of drug-likeness (QED) is 0.0135. The van der Waals surface area contributed by atoms with Gasteiger partial charge in [-0.2, -0.15) is 0 Å². The molecule has 1 aliphatic rings. The Morgan fingerprint density at radius 3 is 2.11 bits per heavy atom. The summed E-state index contributed by atoms with van der Waals surface area (Å²) < 4.78 is 0. The monoisotopic (exact) mass is 1010 g/mol. The second-order valence-corrected chi connectivity index (χ2v) is 16.8. The molecule has 1 aromatic heterocycles. The van der Waals surface area contributed by atoms with E-state index in [0.29, 0.717) is 37.9 Å². The van der Waals surface area contributed by atoms with Gasteiger partial charge in [-0.1, -0.05) is 6.08 Å². The van der Waals surface area contributed by atoms with Crippen LogP contribution in [0.15, 0.2) is 29.3 Å². The lowest BCUT2D eigenvalue weighted by Crippen LogP contribution is -2.60. The predicted molar refractivity (Wildman–Crippen MR) is 259 cm³/mol. The first-order valence-corrected chi connectivity index (χ1v) is 23.4. The van der Waals surface area contributed by atoms with E-state index in [4.69, 9.17) is 45.9 Å². The van der Waals surface area contributed by atoms with E-state index in [1.54, 1.807) is 0 Å². The Bertz CT molecular complexity index is 1980. The number of hydrogen-bond donors (Lipinski definition) is 17. The number of amides is 9. The van der Waals surface area contributed by atoms with Crippen LogP contribution in [0.2, 0.25) is 0 Å². The molecule has 1 aliphatic heterocycles. The van der Waals surface area contributed by atoms with Gasteiger partial charge in [-0.3, -0.25) is 48.1 Å². The SMILES string of the molecule is C[C@H](NC(=O)[C@@H](NC(=O)[C@@H](N)CCCN)[C@@H](O)CN)C(=O)NCC(=O)N[C@H](CCCN)C(=O)N1CCC[C@H]1C(=O)N[C@@H](Cc1cnc[nH]1)C(=O)N[C@@H](CCCCN)C(=O)N/C(=C\CCN=C(N)N)C(N)=O. The lowest BCUT2D eigenvalue weighted by Gasteiger charge is -2.30. The van der Waals surface area contributed by atoms with Crippen LogP contribution < -0.4 is 83.1 Å². The van der Waals surface area contributed by atoms with Gasteiger partial charge in [-0.05, 0) is 90.8 Å². The third-order valence-electron chi connectivity index (χ3n) is 11.1. The first-order valence-electron chi connectivity index (χ1n) is 23.4. The zero-order chi connectivity index (χ0) is 53.0. The van der Waals surface area contributed by atoms with Crippen LogP contribution in [0.3, 0.4) is 0 Å². The summed E-state index contributed by atoms with van der Waals surface area (Å²) in [6.07, 6.45) is 5.18. The Labute approximate surface area is 411 Å². The third-order valence-corrected chi connectivity index (χ3v) is 11.1. The normalized spacial score (nSPS) is 16.4. The number of primary amides is 1. The van der Waals surface area contributed by atoms with E-state index < -0.39 is 115 Å². The number of imidazole rings is 1. The minimum Gasteiger partial charge on any atom is -0.389 e. The van der Waals surface area contributed by atoms with Gasteiger partial charge in [-0.15, -0.1) is 0 Å². The van der Waals surface area contributed by atoms with E-state index in [-0.39, 0.29) is 82.8 Å². The Hall–Kier alpha value is -6.79. The Morgan fingerprint density at radius 1 is 0.817 bits per heavy atom. The second kappa shape index (κ2) is 32.2. The summed E-state index contributed by atoms with van der Waals surface area (Å²) in [5.74, 6) is -7.35. The molecule has 2 heterocycles. The minimum atomic E-state index is -1.56. The standard InChI is InChI=1S/C42H75N19O10/c1-23(55-40(70)33(31(62)19-46)60-36(66)25(47)8-4-14-44)35(65)53-21-32(63)56-28(10-5-15-45)41(71)61-17-7-12-30(61)39(69)59-29(18-24-20-51-22-54-24)38(68)58-27(9-2-3-13-43)37(67)57-26(34(48)64)11-6-16-52-42(49)50/h11,20,22-23,25,27-31,33,62H,2-10,12-19,21,43-47H2,1H3,(H2,48,64)(H,51,54)(H,53,65)(H,55,70)(H,56,63)(H,57,67)(H,58,68)(H,59,69)(H,60,66)(H4,49,50,52)/b26-11-/t23-,25-,27-,28+,29-,30-,31-,33-/m0/s1. The molecule has 29 heteroatoms. The molecule has 8 atom stereocenters. The number of aromatic amines is 1. The molecule has 398 valence electrons. The van der Waals surface area contributed by atoms with Gasteiger partial charge in [0.15, 0.2) is 5.96 Å². The molecule has 29 nitrogen and oxygen atoms in total. The van der Waals surface area contributed by atoms with Crippen molar-refractivity contribution in [2.75, 3.05) is 45.8 Å². The Balaban J connectivity index is 2.21. The zero-order valence-corrected chi connectivity index (χ0v) is 40.2. The number of guanidine groups is 1. The molecule has 0 aliphatic carbocycles. The number of carbonyl (C=O) groups excluding carboxylic acids is 9. The first kappa shape index (κ1) is 60.3. The summed E-state index contributed by atoms with van der Waals surface area (Å²) in [6.45, 7) is 1.16. The molecular formula is C42H75N19O10. The molecule has 0 spiro atoms. The van der Waals surface area contributed by atoms with Crippen LogP contribution in [0.5, 0.6) is 0 Å². The van der Waals surface area contributed by atoms with E-state index in [2.05, 4.69) is 52.2 Å². The highest BCUT2D eigenvalue weighted by Crippen LogP contribution is 2.20. The van der Waals surface area contributed by atoms with Crippen molar-refractivity contribution in [2.24, 2.45) is 50.9 Å². The van der Waals surface area contributed by atoms with Gasteiger partial charge in [-0.25, -0.2) is 4.98 Å². The molecule has 0 bridgehead atoms. The number of aliphatic hydroxyl groups is 1. The summed E-state index contributed by atoms with van der Waals surface area (Å²) >= 11 is 0. The summed E-state index contributed by atoms with van der Waals surface area (Å²) in [7, 11) is 0. The summed E-state index contributed by atoms with van der Waals surface area (Å²) in [4.78, 5) is 132. The van der Waals surface area contributed by atoms with Crippen molar-refractivity contribution in [1.29, 1.82) is 0 Å². The summed E-state index contributed by atoms with van der Waals surface area (Å²) in [5.41, 5.74) is 44.7. The number of likely N-dealkylation sites (tertiary alicyclic amines) is 1. The molecule has 25 N–H and O–H groups in total. The topological polar surface area (TPSA) is 511 Å². The fourth-order valence-corrected chi connectivity index (χ4v) is 7.18. The molecule has 9 amide bonds. The van der Waals surface area contributed by atoms with Crippen molar-refractivity contribution in [3.05, 3.63) is 30.0 Å². The fraction of sp³-hybridized carbons (Fsp3) is 0.643. The van der Waals surface area contributed by atoms with Gasteiger partial charge >= 0.3 is 0 Å². The maximum Gasteiger partial charge on any atom is 0.264 e. The largest absolute Gasteiger partial charge is 0.389 e. The smallest absolute Gasteiger partial charge is 0.264 e. The second-order valence-electron chi connectivity index (χ2n) is 16.8. The lowest BCUT2D eigenvalue weighted by atomic mass is 10.1. The molecule has 71 heavy (non-hydrogen) atoms. The Morgan fingerprint density at radius 2 is 1.49 bits per heavy atom. The van der Waals surface area contributed by atoms with Gasteiger partial charge in [0.1, 0.15) is 41.9 Å². The predicted octanol–water partition coefficient (Wildman–Crippen LogP) is -8.09. The summed E-state index contributed by atoms with van der Waals surface area (Å²) in [5, 5.41) is 27.8. The van der Waals surface area contributed by atoms with Crippen molar-refractivity contribution < 1.29 is 48.3 Å². The van der Waals surface area contributed by atoms with Crippen LogP contribution in [0.4, 0.5) is 0 Å². The number of unbranched alkanes of at least 4 members (excludes halogenated alkanes) is 1. The van der Waals surface area contributed by atoms with Crippen LogP contribution in [-0.2, 0) is 49.6 Å². The molecule has 0 radical (unpaired) electrons. The maximum absolute atomic E-state index is 14.1. The van der Waals surface area contributed by atoms with Crippen molar-refractivity contribution >= 4 is 59.1 Å². The lowest BCUT2D eigenvalue weighted by molar-refractivity contribution is -0.142. The van der Waals surface area contributed by atoms with Crippen molar-refractivity contribution in [3.8, 4) is 0 Å². The average molecular weight is 1010 g/mol. The molecule has 2 rings (SSSR count). The average Bonchev–Trinajstić information content (AvgIpc) is 4.06. The van der Waals surface area contributed by atoms with Gasteiger partial charge in [0.25, 0.3) is 5.91 Å². The maximum atomic E-state index is 14.1. The Kier molecular flexibility index (Phi) is 27.3. The van der Waals surface area contributed by atoms with Gasteiger partial charge in [0.05, 0.1) is 25.0 Å². The first-order chi connectivity index (χ1) is 33.8. The fourth-order valence-electron chi connectivity index (χ4n) is 7.18. The number of H-pyrrole nitrogens is 1. The number of nitrogens with one attached hydrogen (secondary N) is 8. The van der Waals surface area contributed by atoms with Crippen molar-refractivity contribution in [1.82, 2.24) is 52.1 Å². The van der Waals surface area contributed by atoms with Crippen LogP contribution >= 0.6 is 0 Å². The molecule has 1 aromatic rings. The van der Waals surface area contributed by atoms with Gasteiger partial charge < -0.3 is 98.1 Å². The number of aliphatic hydroxyl groups excluding tert-OH is 1. The van der Waals surface area contributed by atoms with E-state index in [1.807, 2.05) is 0 Å². The molecule has 0 saturated carbocycles. The highest BCUT2D eigenvalue weighted by atomic mass is 16.3. The van der Waals surface area contributed by atoms with Crippen LogP contribution in [0.25, 0.3) is 0 Å². The van der Waals surface area contributed by atoms with E-state index in [9.17, 15) is 48.3 Å².